The number of H-pyrrole nitrogens is 1. The molecule has 0 saturated heterocycles. The summed E-state index contributed by atoms with van der Waals surface area (Å²) in [5.74, 6) is -1.60. The van der Waals surface area contributed by atoms with Crippen LogP contribution in [0.2, 0.25) is 0 Å². The number of rotatable bonds is 5. The van der Waals surface area contributed by atoms with E-state index in [1.54, 1.807) is 12.1 Å². The number of hydrogen-bond donors (Lipinski definition) is 3. The van der Waals surface area contributed by atoms with Crippen molar-refractivity contribution in [2.45, 2.75) is 12.5 Å². The summed E-state index contributed by atoms with van der Waals surface area (Å²) in [5, 5.41) is 11.6. The lowest BCUT2D eigenvalue weighted by atomic mass is 10.1. The second kappa shape index (κ2) is 6.34. The average Bonchev–Trinajstić information content (AvgIpc) is 2.99. The molecule has 2 aromatic rings. The fourth-order valence-electron chi connectivity index (χ4n) is 1.76. The molecular formula is C14H13N4O3+. The van der Waals surface area contributed by atoms with Crippen LogP contribution in [0, 0.1) is 6.57 Å². The Labute approximate surface area is 120 Å². The Hall–Kier alpha value is -3.14. The van der Waals surface area contributed by atoms with Gasteiger partial charge in [0.2, 0.25) is 0 Å². The standard InChI is InChI=1S/C14H12N4O3/c1-15-10-4-2-9(3-5-10)13(19)18-12(14(20)21)6-11-7-16-8-17-11/h1-5,7-8,12H,6H2,(H2-,16,17,18,19,20,21)/p+1/t12-/m1/s1. The van der Waals surface area contributed by atoms with Gasteiger partial charge in [0.15, 0.2) is 0 Å². The fraction of sp³-hybridized carbons (Fsp3) is 0.143. The van der Waals surface area contributed by atoms with Crippen molar-refractivity contribution in [1.29, 1.82) is 0 Å². The zero-order valence-electron chi connectivity index (χ0n) is 11.0. The van der Waals surface area contributed by atoms with Crippen molar-refractivity contribution in [2.75, 3.05) is 0 Å². The molecule has 106 valence electrons. The summed E-state index contributed by atoms with van der Waals surface area (Å²) in [4.78, 5) is 33.3. The van der Waals surface area contributed by atoms with E-state index in [9.17, 15) is 9.59 Å². The van der Waals surface area contributed by atoms with E-state index < -0.39 is 17.9 Å². The number of aromatic nitrogens is 2. The molecule has 2 rings (SSSR count). The molecule has 7 heteroatoms. The van der Waals surface area contributed by atoms with Crippen LogP contribution in [-0.2, 0) is 11.2 Å². The van der Waals surface area contributed by atoms with Gasteiger partial charge in [-0.3, -0.25) is 4.79 Å². The van der Waals surface area contributed by atoms with Gasteiger partial charge in [0.25, 0.3) is 12.5 Å². The van der Waals surface area contributed by atoms with E-state index in [2.05, 4.69) is 20.1 Å². The summed E-state index contributed by atoms with van der Waals surface area (Å²) in [6, 6.07) is 5.14. The first-order chi connectivity index (χ1) is 10.1. The van der Waals surface area contributed by atoms with Crippen molar-refractivity contribution in [3.05, 3.63) is 52.9 Å². The van der Waals surface area contributed by atoms with Gasteiger partial charge in [-0.25, -0.2) is 9.78 Å². The van der Waals surface area contributed by atoms with Gasteiger partial charge in [0.05, 0.1) is 6.33 Å². The van der Waals surface area contributed by atoms with Crippen molar-refractivity contribution in [3.8, 4) is 6.57 Å². The van der Waals surface area contributed by atoms with Gasteiger partial charge < -0.3 is 15.4 Å². The van der Waals surface area contributed by atoms with Crippen LogP contribution in [-0.4, -0.2) is 33.0 Å². The van der Waals surface area contributed by atoms with Crippen molar-refractivity contribution >= 4 is 17.6 Å². The van der Waals surface area contributed by atoms with Crippen LogP contribution >= 0.6 is 0 Å². The highest BCUT2D eigenvalue weighted by molar-refractivity contribution is 5.96. The second-order valence-corrected chi connectivity index (χ2v) is 4.32. The third kappa shape index (κ3) is 3.67. The number of imidazole rings is 1. The molecule has 1 aromatic heterocycles. The molecule has 1 aromatic carbocycles. The summed E-state index contributed by atoms with van der Waals surface area (Å²) in [6.45, 7) is 5.11. The Kier molecular flexibility index (Phi) is 4.31. The minimum Gasteiger partial charge on any atom is -0.480 e. The number of carboxylic acids is 1. The molecule has 0 unspecified atom stereocenters. The van der Waals surface area contributed by atoms with E-state index in [0.29, 0.717) is 16.9 Å². The average molecular weight is 285 g/mol. The predicted molar refractivity (Wildman–Crippen MR) is 75.6 cm³/mol. The van der Waals surface area contributed by atoms with Gasteiger partial charge in [0.1, 0.15) is 6.04 Å². The molecule has 7 nitrogen and oxygen atoms in total. The van der Waals surface area contributed by atoms with Crippen molar-refractivity contribution < 1.29 is 14.7 Å². The van der Waals surface area contributed by atoms with Crippen LogP contribution in [0.25, 0.3) is 4.85 Å². The molecule has 0 fully saturated rings. The topological polar surface area (TPSA) is 99.4 Å². The van der Waals surface area contributed by atoms with E-state index in [0.717, 1.165) is 0 Å². The van der Waals surface area contributed by atoms with Crippen LogP contribution in [0.5, 0.6) is 0 Å². The largest absolute Gasteiger partial charge is 0.480 e. The van der Waals surface area contributed by atoms with E-state index in [1.165, 1.54) is 24.7 Å². The SMILES string of the molecule is C#[N+]c1ccc(C(=O)N[C@H](Cc2cnc[nH]2)C(=O)O)cc1. The van der Waals surface area contributed by atoms with E-state index in [1.807, 2.05) is 0 Å². The van der Waals surface area contributed by atoms with Gasteiger partial charge in [-0.15, -0.1) is 0 Å². The van der Waals surface area contributed by atoms with E-state index >= 15 is 0 Å². The van der Waals surface area contributed by atoms with Crippen LogP contribution < -0.4 is 5.32 Å². The molecule has 0 spiro atoms. The fourth-order valence-corrected chi connectivity index (χ4v) is 1.76. The number of aliphatic carboxylic acids is 1. The smallest absolute Gasteiger partial charge is 0.339 e. The molecule has 0 aliphatic carbocycles. The molecule has 0 radical (unpaired) electrons. The quantitative estimate of drug-likeness (QED) is 0.773. The van der Waals surface area contributed by atoms with Gasteiger partial charge >= 0.3 is 11.7 Å². The molecule has 0 aliphatic heterocycles. The number of amides is 1. The summed E-state index contributed by atoms with van der Waals surface area (Å²) < 4.78 is 0. The summed E-state index contributed by atoms with van der Waals surface area (Å²) in [6.07, 6.45) is 3.09. The maximum Gasteiger partial charge on any atom is 0.339 e. The second-order valence-electron chi connectivity index (χ2n) is 4.32. The molecule has 0 saturated carbocycles. The maximum atomic E-state index is 12.0. The lowest BCUT2D eigenvalue weighted by Gasteiger charge is -2.13. The van der Waals surface area contributed by atoms with E-state index in [4.69, 9.17) is 11.7 Å². The van der Waals surface area contributed by atoms with Crippen LogP contribution in [0.4, 0.5) is 5.69 Å². The summed E-state index contributed by atoms with van der Waals surface area (Å²) in [7, 11) is 0. The first-order valence-electron chi connectivity index (χ1n) is 6.12. The zero-order chi connectivity index (χ0) is 15.2. The Morgan fingerprint density at radius 2 is 2.10 bits per heavy atom. The number of nitrogens with zero attached hydrogens (tertiary/aromatic N) is 2. The number of hydrogen-bond acceptors (Lipinski definition) is 3. The first kappa shape index (κ1) is 14.3. The number of carboxylic acid groups (broad SMARTS) is 1. The highest BCUT2D eigenvalue weighted by Crippen LogP contribution is 2.12. The zero-order valence-corrected chi connectivity index (χ0v) is 11.0. The highest BCUT2D eigenvalue weighted by atomic mass is 16.4. The maximum absolute atomic E-state index is 12.0. The van der Waals surface area contributed by atoms with Gasteiger partial charge in [-0.1, -0.05) is 0 Å². The third-order valence-corrected chi connectivity index (χ3v) is 2.86. The molecule has 0 bridgehead atoms. The van der Waals surface area contributed by atoms with Crippen molar-refractivity contribution in [1.82, 2.24) is 15.3 Å². The van der Waals surface area contributed by atoms with Crippen LogP contribution in [0.15, 0.2) is 36.8 Å². The van der Waals surface area contributed by atoms with Crippen molar-refractivity contribution in [3.63, 3.8) is 0 Å². The third-order valence-electron chi connectivity index (χ3n) is 2.86. The molecule has 3 N–H and O–H groups in total. The minimum atomic E-state index is -1.12. The molecule has 1 atom stereocenters. The van der Waals surface area contributed by atoms with Gasteiger partial charge in [-0.05, 0) is 17.0 Å². The molecule has 1 heterocycles. The van der Waals surface area contributed by atoms with Gasteiger partial charge in [-0.2, -0.15) is 0 Å². The number of nitrogens with one attached hydrogen (secondary N) is 2. The van der Waals surface area contributed by atoms with Gasteiger partial charge in [0, 0.05) is 36.0 Å². The number of carbonyl (C=O) groups is 2. The van der Waals surface area contributed by atoms with Crippen LogP contribution in [0.1, 0.15) is 16.1 Å². The predicted octanol–water partition coefficient (Wildman–Crippen LogP) is 1.43. The van der Waals surface area contributed by atoms with Crippen molar-refractivity contribution in [2.24, 2.45) is 0 Å². The minimum absolute atomic E-state index is 0.122. The molecule has 1 amide bonds. The van der Waals surface area contributed by atoms with E-state index in [-0.39, 0.29) is 6.42 Å². The Balaban J connectivity index is 2.07. The molecular weight excluding hydrogens is 272 g/mol. The Bertz CT molecular complexity index is 671. The highest BCUT2D eigenvalue weighted by Gasteiger charge is 2.21. The molecule has 0 aliphatic rings. The lowest BCUT2D eigenvalue weighted by Crippen LogP contribution is -2.42. The Morgan fingerprint density at radius 3 is 2.62 bits per heavy atom. The summed E-state index contributed by atoms with van der Waals surface area (Å²) in [5.41, 5.74) is 1.48. The van der Waals surface area contributed by atoms with Crippen LogP contribution in [0.3, 0.4) is 0 Å². The molecule has 21 heavy (non-hydrogen) atoms. The first-order valence-corrected chi connectivity index (χ1v) is 6.12. The normalized spacial score (nSPS) is 11.4. The number of benzene rings is 1. The summed E-state index contributed by atoms with van der Waals surface area (Å²) >= 11 is 0. The lowest BCUT2D eigenvalue weighted by molar-refractivity contribution is -0.139. The number of carbonyl (C=O) groups excluding carboxylic acids is 1. The Morgan fingerprint density at radius 1 is 1.38 bits per heavy atom. The monoisotopic (exact) mass is 285 g/mol. The number of aromatic amines is 1.